The van der Waals surface area contributed by atoms with Gasteiger partial charge in [0.15, 0.2) is 0 Å². The van der Waals surface area contributed by atoms with E-state index in [0.29, 0.717) is 13.1 Å². The number of hydrogen-bond acceptors (Lipinski definition) is 3. The molecule has 2 amide bonds. The predicted octanol–water partition coefficient (Wildman–Crippen LogP) is -0.926. The largest absolute Gasteiger partial charge is 0.361 e. The number of likely N-dealkylation sites (tertiary alicyclic amines) is 1. The molecule has 84 valence electrons. The number of nitrogens with zero attached hydrogens (tertiary/aromatic N) is 1. The second-order valence-electron chi connectivity index (χ2n) is 4.62. The first-order valence-corrected chi connectivity index (χ1v) is 5.42. The zero-order valence-corrected chi connectivity index (χ0v) is 8.79. The van der Waals surface area contributed by atoms with Crippen LogP contribution in [0.3, 0.4) is 0 Å². The molecule has 2 heterocycles. The average molecular weight is 211 g/mol. The number of primary amides is 1. The second kappa shape index (κ2) is 3.81. The number of nitrogens with two attached hydrogens (primary N) is 1. The van der Waals surface area contributed by atoms with Crippen LogP contribution in [0.2, 0.25) is 0 Å². The second-order valence-corrected chi connectivity index (χ2v) is 4.62. The van der Waals surface area contributed by atoms with Crippen LogP contribution in [0.15, 0.2) is 0 Å². The van der Waals surface area contributed by atoms with E-state index < -0.39 is 11.8 Å². The molecule has 1 spiro atoms. The van der Waals surface area contributed by atoms with Crippen molar-refractivity contribution < 1.29 is 9.59 Å². The first-order valence-electron chi connectivity index (χ1n) is 5.42. The zero-order chi connectivity index (χ0) is 10.9. The lowest BCUT2D eigenvalue weighted by molar-refractivity contribution is -0.146. The van der Waals surface area contributed by atoms with Crippen molar-refractivity contribution in [1.29, 1.82) is 0 Å². The van der Waals surface area contributed by atoms with E-state index in [1.165, 1.54) is 0 Å². The van der Waals surface area contributed by atoms with Crippen LogP contribution >= 0.6 is 0 Å². The molecule has 2 aliphatic rings. The smallest absolute Gasteiger partial charge is 0.311 e. The number of rotatable bonds is 0. The molecule has 0 aromatic rings. The molecule has 0 unspecified atom stereocenters. The molecular weight excluding hydrogens is 194 g/mol. The predicted molar refractivity (Wildman–Crippen MR) is 54.9 cm³/mol. The number of piperidine rings is 1. The Labute approximate surface area is 89.0 Å². The summed E-state index contributed by atoms with van der Waals surface area (Å²) in [6.45, 7) is 3.32. The van der Waals surface area contributed by atoms with Crippen LogP contribution in [0.1, 0.15) is 19.3 Å². The van der Waals surface area contributed by atoms with Gasteiger partial charge < -0.3 is 16.0 Å². The fourth-order valence-corrected chi connectivity index (χ4v) is 2.68. The summed E-state index contributed by atoms with van der Waals surface area (Å²) in [6, 6.07) is 0. The lowest BCUT2D eigenvalue weighted by Gasteiger charge is -2.39. The minimum Gasteiger partial charge on any atom is -0.361 e. The SMILES string of the molecule is NC(=O)C(=O)N1CCC[C@]2(CCNC2)C1. The normalized spacial score (nSPS) is 30.8. The molecule has 3 N–H and O–H groups in total. The monoisotopic (exact) mass is 211 g/mol. The minimum atomic E-state index is -0.835. The Bertz CT molecular complexity index is 284. The van der Waals surface area contributed by atoms with Gasteiger partial charge in [-0.1, -0.05) is 0 Å². The van der Waals surface area contributed by atoms with E-state index in [9.17, 15) is 9.59 Å². The minimum absolute atomic E-state index is 0.198. The highest BCUT2D eigenvalue weighted by molar-refractivity contribution is 6.34. The van der Waals surface area contributed by atoms with Gasteiger partial charge in [0.2, 0.25) is 0 Å². The summed E-state index contributed by atoms with van der Waals surface area (Å²) in [5, 5.41) is 3.32. The van der Waals surface area contributed by atoms with Crippen molar-refractivity contribution in [3.63, 3.8) is 0 Å². The van der Waals surface area contributed by atoms with Crippen molar-refractivity contribution >= 4 is 11.8 Å². The highest BCUT2D eigenvalue weighted by Crippen LogP contribution is 2.35. The number of carbonyl (C=O) groups is 2. The Balaban J connectivity index is 2.03. The van der Waals surface area contributed by atoms with E-state index in [0.717, 1.165) is 32.4 Å². The third-order valence-electron chi connectivity index (χ3n) is 3.49. The fourth-order valence-electron chi connectivity index (χ4n) is 2.68. The maximum Gasteiger partial charge on any atom is 0.311 e. The highest BCUT2D eigenvalue weighted by Gasteiger charge is 2.39. The summed E-state index contributed by atoms with van der Waals surface area (Å²) < 4.78 is 0. The molecule has 0 bridgehead atoms. The maximum atomic E-state index is 11.5. The molecule has 2 fully saturated rings. The van der Waals surface area contributed by atoms with Crippen LogP contribution in [0.25, 0.3) is 0 Å². The molecule has 2 aliphatic heterocycles. The van der Waals surface area contributed by atoms with Crippen molar-refractivity contribution in [3.8, 4) is 0 Å². The summed E-state index contributed by atoms with van der Waals surface area (Å²) in [4.78, 5) is 23.9. The Kier molecular flexibility index (Phi) is 2.65. The van der Waals surface area contributed by atoms with E-state index in [4.69, 9.17) is 5.73 Å². The van der Waals surface area contributed by atoms with E-state index in [-0.39, 0.29) is 5.41 Å². The summed E-state index contributed by atoms with van der Waals surface area (Å²) >= 11 is 0. The third kappa shape index (κ3) is 1.97. The van der Waals surface area contributed by atoms with Gasteiger partial charge in [0.05, 0.1) is 0 Å². The lowest BCUT2D eigenvalue weighted by atomic mass is 9.79. The van der Waals surface area contributed by atoms with Gasteiger partial charge in [-0.05, 0) is 25.8 Å². The van der Waals surface area contributed by atoms with Gasteiger partial charge in [0.25, 0.3) is 0 Å². The fraction of sp³-hybridized carbons (Fsp3) is 0.800. The van der Waals surface area contributed by atoms with Crippen molar-refractivity contribution in [2.45, 2.75) is 19.3 Å². The van der Waals surface area contributed by atoms with E-state index in [2.05, 4.69) is 5.32 Å². The summed E-state index contributed by atoms with van der Waals surface area (Å²) in [5.74, 6) is -1.36. The van der Waals surface area contributed by atoms with Gasteiger partial charge in [0, 0.05) is 25.0 Å². The Morgan fingerprint density at radius 1 is 1.33 bits per heavy atom. The van der Waals surface area contributed by atoms with E-state index in [1.807, 2.05) is 0 Å². The number of amides is 2. The molecule has 2 rings (SSSR count). The van der Waals surface area contributed by atoms with Gasteiger partial charge >= 0.3 is 11.8 Å². The summed E-state index contributed by atoms with van der Waals surface area (Å²) in [5.41, 5.74) is 5.21. The van der Waals surface area contributed by atoms with Crippen LogP contribution in [-0.2, 0) is 9.59 Å². The molecule has 5 nitrogen and oxygen atoms in total. The molecule has 15 heavy (non-hydrogen) atoms. The third-order valence-corrected chi connectivity index (χ3v) is 3.49. The van der Waals surface area contributed by atoms with Crippen molar-refractivity contribution in [2.24, 2.45) is 11.1 Å². The highest BCUT2D eigenvalue weighted by atomic mass is 16.2. The number of carbonyl (C=O) groups excluding carboxylic acids is 2. The van der Waals surface area contributed by atoms with Gasteiger partial charge in [0.1, 0.15) is 0 Å². The Morgan fingerprint density at radius 3 is 2.73 bits per heavy atom. The first kappa shape index (κ1) is 10.4. The van der Waals surface area contributed by atoms with Crippen molar-refractivity contribution in [3.05, 3.63) is 0 Å². The van der Waals surface area contributed by atoms with Gasteiger partial charge in [-0.3, -0.25) is 9.59 Å². The Hall–Kier alpha value is -1.10. The van der Waals surface area contributed by atoms with Crippen molar-refractivity contribution in [1.82, 2.24) is 10.2 Å². The molecule has 0 aromatic heterocycles. The topological polar surface area (TPSA) is 75.4 Å². The Morgan fingerprint density at radius 2 is 2.13 bits per heavy atom. The van der Waals surface area contributed by atoms with Gasteiger partial charge in [-0.2, -0.15) is 0 Å². The zero-order valence-electron chi connectivity index (χ0n) is 8.79. The van der Waals surface area contributed by atoms with Gasteiger partial charge in [-0.15, -0.1) is 0 Å². The van der Waals surface area contributed by atoms with E-state index >= 15 is 0 Å². The van der Waals surface area contributed by atoms with Crippen molar-refractivity contribution in [2.75, 3.05) is 26.2 Å². The molecule has 0 aromatic carbocycles. The quantitative estimate of drug-likeness (QED) is 0.508. The average Bonchev–Trinajstić information content (AvgIpc) is 2.65. The lowest BCUT2D eigenvalue weighted by Crippen LogP contribution is -2.50. The standard InChI is InChI=1S/C10H17N3O2/c11-8(14)9(15)13-5-1-2-10(7-13)3-4-12-6-10/h12H,1-7H2,(H2,11,14)/t10-/m1/s1. The molecule has 2 saturated heterocycles. The molecule has 1 atom stereocenters. The maximum absolute atomic E-state index is 11.5. The van der Waals surface area contributed by atoms with Crippen LogP contribution in [-0.4, -0.2) is 42.9 Å². The van der Waals surface area contributed by atoms with E-state index in [1.54, 1.807) is 4.90 Å². The van der Waals surface area contributed by atoms with Crippen LogP contribution in [0.4, 0.5) is 0 Å². The first-order chi connectivity index (χ1) is 7.13. The van der Waals surface area contributed by atoms with Crippen LogP contribution < -0.4 is 11.1 Å². The molecule has 0 saturated carbocycles. The van der Waals surface area contributed by atoms with Crippen LogP contribution in [0.5, 0.6) is 0 Å². The number of hydrogen-bond donors (Lipinski definition) is 2. The van der Waals surface area contributed by atoms with Crippen LogP contribution in [0, 0.1) is 5.41 Å². The molecule has 5 heteroatoms. The number of nitrogens with one attached hydrogen (secondary N) is 1. The summed E-state index contributed by atoms with van der Waals surface area (Å²) in [7, 11) is 0. The summed E-state index contributed by atoms with van der Waals surface area (Å²) in [6.07, 6.45) is 3.21. The molecule has 0 radical (unpaired) electrons. The molecular formula is C10H17N3O2. The van der Waals surface area contributed by atoms with Gasteiger partial charge in [-0.25, -0.2) is 0 Å². The molecule has 0 aliphatic carbocycles.